The summed E-state index contributed by atoms with van der Waals surface area (Å²) in [6.45, 7) is 6.33. The highest BCUT2D eigenvalue weighted by atomic mass is 32.2. The van der Waals surface area contributed by atoms with Crippen LogP contribution in [0.1, 0.15) is 29.8 Å². The average molecular weight is 391 g/mol. The van der Waals surface area contributed by atoms with Crippen LogP contribution in [0, 0.1) is 17.0 Å². The third kappa shape index (κ3) is 4.62. The van der Waals surface area contributed by atoms with Crippen LogP contribution in [0.4, 0.5) is 11.4 Å². The standard InChI is InChI=1S/C18H21N3O5S/c1-4-20(5-2)18(22)14-7-6-8-15(11-14)19-27(25,26)16-10-9-13(3)17(12-16)21(23)24/h6-12,19H,4-5H2,1-3H3. The van der Waals surface area contributed by atoms with Crippen molar-refractivity contribution in [3.8, 4) is 0 Å². The molecule has 8 nitrogen and oxygen atoms in total. The van der Waals surface area contributed by atoms with E-state index in [1.165, 1.54) is 31.2 Å². The van der Waals surface area contributed by atoms with Crippen LogP contribution in [0.5, 0.6) is 0 Å². The highest BCUT2D eigenvalue weighted by Crippen LogP contribution is 2.24. The van der Waals surface area contributed by atoms with Crippen LogP contribution in [-0.4, -0.2) is 37.2 Å². The Hall–Kier alpha value is -2.94. The van der Waals surface area contributed by atoms with Gasteiger partial charge in [0.05, 0.1) is 9.82 Å². The summed E-state index contributed by atoms with van der Waals surface area (Å²) in [6.07, 6.45) is 0. The van der Waals surface area contributed by atoms with Gasteiger partial charge in [-0.15, -0.1) is 0 Å². The van der Waals surface area contributed by atoms with E-state index in [-0.39, 0.29) is 22.2 Å². The van der Waals surface area contributed by atoms with Crippen LogP contribution < -0.4 is 4.72 Å². The van der Waals surface area contributed by atoms with Crippen LogP contribution in [0.25, 0.3) is 0 Å². The minimum absolute atomic E-state index is 0.202. The lowest BCUT2D eigenvalue weighted by atomic mass is 10.2. The van der Waals surface area contributed by atoms with Crippen molar-refractivity contribution in [2.75, 3.05) is 17.8 Å². The third-order valence-electron chi connectivity index (χ3n) is 4.10. The van der Waals surface area contributed by atoms with Crippen LogP contribution in [0.15, 0.2) is 47.4 Å². The summed E-state index contributed by atoms with van der Waals surface area (Å²) in [7, 11) is -4.04. The number of nitro groups is 1. The molecule has 0 saturated heterocycles. The number of nitro benzene ring substituents is 1. The lowest BCUT2D eigenvalue weighted by Crippen LogP contribution is -2.30. The van der Waals surface area contributed by atoms with Gasteiger partial charge in [-0.25, -0.2) is 8.42 Å². The van der Waals surface area contributed by atoms with E-state index >= 15 is 0 Å². The summed E-state index contributed by atoms with van der Waals surface area (Å²) < 4.78 is 27.5. The number of carbonyl (C=O) groups excluding carboxylic acids is 1. The maximum atomic E-state index is 12.6. The number of hydrogen-bond acceptors (Lipinski definition) is 5. The van der Waals surface area contributed by atoms with E-state index < -0.39 is 14.9 Å². The zero-order chi connectivity index (χ0) is 20.2. The van der Waals surface area contributed by atoms with Gasteiger partial charge in [-0.05, 0) is 45.0 Å². The molecule has 0 bridgehead atoms. The Labute approximate surface area is 158 Å². The van der Waals surface area contributed by atoms with E-state index in [0.717, 1.165) is 6.07 Å². The predicted molar refractivity (Wildman–Crippen MR) is 102 cm³/mol. The number of hydrogen-bond donors (Lipinski definition) is 1. The fourth-order valence-corrected chi connectivity index (χ4v) is 3.65. The summed E-state index contributed by atoms with van der Waals surface area (Å²) in [5.74, 6) is -0.202. The lowest BCUT2D eigenvalue weighted by molar-refractivity contribution is -0.385. The summed E-state index contributed by atoms with van der Waals surface area (Å²) >= 11 is 0. The second-order valence-corrected chi connectivity index (χ2v) is 7.55. The zero-order valence-corrected chi connectivity index (χ0v) is 16.1. The van der Waals surface area contributed by atoms with Gasteiger partial charge < -0.3 is 4.90 Å². The van der Waals surface area contributed by atoms with Crippen LogP contribution >= 0.6 is 0 Å². The molecular formula is C18H21N3O5S. The normalized spacial score (nSPS) is 11.1. The number of anilines is 1. The van der Waals surface area contributed by atoms with Gasteiger partial charge in [-0.3, -0.25) is 19.6 Å². The molecule has 0 unspecified atom stereocenters. The Morgan fingerprint density at radius 3 is 2.41 bits per heavy atom. The highest BCUT2D eigenvalue weighted by Gasteiger charge is 2.20. The smallest absolute Gasteiger partial charge is 0.273 e. The van der Waals surface area contributed by atoms with Crippen molar-refractivity contribution >= 4 is 27.3 Å². The number of nitrogens with one attached hydrogen (secondary N) is 1. The predicted octanol–water partition coefficient (Wildman–Crippen LogP) is 3.19. The molecular weight excluding hydrogens is 370 g/mol. The van der Waals surface area contributed by atoms with Gasteiger partial charge in [-0.2, -0.15) is 0 Å². The summed E-state index contributed by atoms with van der Waals surface area (Å²) in [5, 5.41) is 11.0. The van der Waals surface area contributed by atoms with Crippen LogP contribution in [0.2, 0.25) is 0 Å². The molecule has 0 spiro atoms. The molecule has 9 heteroatoms. The molecule has 0 saturated carbocycles. The lowest BCUT2D eigenvalue weighted by Gasteiger charge is -2.19. The third-order valence-corrected chi connectivity index (χ3v) is 5.48. The Morgan fingerprint density at radius 1 is 1.15 bits per heavy atom. The van der Waals surface area contributed by atoms with E-state index in [9.17, 15) is 23.3 Å². The van der Waals surface area contributed by atoms with Crippen molar-refractivity contribution in [3.63, 3.8) is 0 Å². The number of amides is 1. The molecule has 27 heavy (non-hydrogen) atoms. The number of benzene rings is 2. The van der Waals surface area contributed by atoms with Gasteiger partial charge in [0.25, 0.3) is 21.6 Å². The average Bonchev–Trinajstić information content (AvgIpc) is 2.62. The number of rotatable bonds is 7. The van der Waals surface area contributed by atoms with Gasteiger partial charge in [0, 0.05) is 36.0 Å². The Morgan fingerprint density at radius 2 is 1.81 bits per heavy atom. The number of nitrogens with zero attached hydrogens (tertiary/aromatic N) is 2. The first-order chi connectivity index (χ1) is 12.7. The van der Waals surface area contributed by atoms with Crippen molar-refractivity contribution in [1.82, 2.24) is 4.90 Å². The molecule has 0 aliphatic rings. The first-order valence-electron chi connectivity index (χ1n) is 8.36. The molecule has 2 aromatic carbocycles. The van der Waals surface area contributed by atoms with Gasteiger partial charge >= 0.3 is 0 Å². The molecule has 2 rings (SSSR count). The topological polar surface area (TPSA) is 110 Å². The Balaban J connectivity index is 2.34. The van der Waals surface area contributed by atoms with E-state index in [4.69, 9.17) is 0 Å². The molecule has 1 N–H and O–H groups in total. The molecule has 0 aliphatic carbocycles. The van der Waals surface area contributed by atoms with E-state index in [1.807, 2.05) is 13.8 Å². The fraction of sp³-hybridized carbons (Fsp3) is 0.278. The van der Waals surface area contributed by atoms with E-state index in [2.05, 4.69) is 4.72 Å². The quantitative estimate of drug-likeness (QED) is 0.576. The van der Waals surface area contributed by atoms with Gasteiger partial charge in [0.2, 0.25) is 0 Å². The summed E-state index contributed by atoms with van der Waals surface area (Å²) in [5.41, 5.74) is 0.652. The van der Waals surface area contributed by atoms with Crippen molar-refractivity contribution in [3.05, 3.63) is 63.7 Å². The van der Waals surface area contributed by atoms with Crippen molar-refractivity contribution in [2.45, 2.75) is 25.7 Å². The molecule has 1 amide bonds. The molecule has 2 aromatic rings. The Kier molecular flexibility index (Phi) is 6.17. The maximum absolute atomic E-state index is 12.6. The largest absolute Gasteiger partial charge is 0.339 e. The molecule has 0 heterocycles. The molecule has 0 aromatic heterocycles. The highest BCUT2D eigenvalue weighted by molar-refractivity contribution is 7.92. The zero-order valence-electron chi connectivity index (χ0n) is 15.3. The minimum Gasteiger partial charge on any atom is -0.339 e. The monoisotopic (exact) mass is 391 g/mol. The summed E-state index contributed by atoms with van der Waals surface area (Å²) in [6, 6.07) is 9.84. The number of aryl methyl sites for hydroxylation is 1. The van der Waals surface area contributed by atoms with Crippen LogP contribution in [0.3, 0.4) is 0 Å². The minimum atomic E-state index is -4.04. The van der Waals surface area contributed by atoms with Crippen molar-refractivity contribution in [2.24, 2.45) is 0 Å². The van der Waals surface area contributed by atoms with E-state index in [1.54, 1.807) is 17.0 Å². The van der Waals surface area contributed by atoms with Crippen molar-refractivity contribution in [1.29, 1.82) is 0 Å². The number of carbonyl (C=O) groups is 1. The number of sulfonamides is 1. The Bertz CT molecular complexity index is 969. The maximum Gasteiger partial charge on any atom is 0.273 e. The van der Waals surface area contributed by atoms with Gasteiger partial charge in [-0.1, -0.05) is 12.1 Å². The first kappa shape index (κ1) is 20.4. The molecule has 0 fully saturated rings. The molecule has 0 aliphatic heterocycles. The van der Waals surface area contributed by atoms with E-state index in [0.29, 0.717) is 24.2 Å². The van der Waals surface area contributed by atoms with Crippen LogP contribution in [-0.2, 0) is 10.0 Å². The van der Waals surface area contributed by atoms with Gasteiger partial charge in [0.15, 0.2) is 0 Å². The van der Waals surface area contributed by atoms with Gasteiger partial charge in [0.1, 0.15) is 0 Å². The fourth-order valence-electron chi connectivity index (χ4n) is 2.58. The second kappa shape index (κ2) is 8.17. The molecule has 0 atom stereocenters. The molecule has 144 valence electrons. The van der Waals surface area contributed by atoms with Crippen molar-refractivity contribution < 1.29 is 18.1 Å². The SMILES string of the molecule is CCN(CC)C(=O)c1cccc(NS(=O)(=O)c2ccc(C)c([N+](=O)[O-])c2)c1. The molecule has 0 radical (unpaired) electrons. The second-order valence-electron chi connectivity index (χ2n) is 5.87. The summed E-state index contributed by atoms with van der Waals surface area (Å²) in [4.78, 5) is 24.2. The first-order valence-corrected chi connectivity index (χ1v) is 9.85.